The Morgan fingerprint density at radius 1 is 0.891 bits per heavy atom. The third-order valence-electron chi connectivity index (χ3n) is 7.99. The van der Waals surface area contributed by atoms with Gasteiger partial charge in [-0.25, -0.2) is 4.79 Å². The number of thioether (sulfide) groups is 1. The average molecular weight is 665 g/mol. The fourth-order valence-electron chi connectivity index (χ4n) is 5.02. The number of carbonyl (C=O) groups excluding carboxylic acids is 2. The van der Waals surface area contributed by atoms with Crippen LogP contribution >= 0.6 is 11.8 Å². The van der Waals surface area contributed by atoms with Crippen LogP contribution in [0.15, 0.2) is 36.4 Å². The number of hydrogen-bond donors (Lipinski definition) is 4. The molecule has 262 valence electrons. The van der Waals surface area contributed by atoms with Crippen LogP contribution in [0.4, 0.5) is 0 Å². The second-order valence-corrected chi connectivity index (χ2v) is 13.1. The van der Waals surface area contributed by atoms with Crippen LogP contribution in [0, 0.1) is 5.92 Å². The standard InChI is InChI=1S/C36H60N2O7S/c1-5-7-9-13-16-26-46-27-17-14-11-10-12-15-18-31(36(43,35(41)42)23-25-44-4)33(39)38-32(34(40)37-3)28-29-19-21-30(22-20-29)45-24-8-6-2/h15,18-22,31-32,43H,5-14,16-17,23-28H2,1-4H3,(H,37,40)(H,38,39)(H,41,42)/t31-,32+,36+/m1/s1. The van der Waals surface area contributed by atoms with E-state index in [9.17, 15) is 24.6 Å². The van der Waals surface area contributed by atoms with E-state index in [2.05, 4.69) is 24.5 Å². The van der Waals surface area contributed by atoms with Gasteiger partial charge < -0.3 is 30.3 Å². The SMILES string of the molecule is CCCCCCCSCCCCCCC=C[C@H](C(=O)N[C@@H](Cc1ccc(OCCCC)cc1)C(=O)NC)[C@@](O)(CCOC)C(=O)O. The van der Waals surface area contributed by atoms with Crippen LogP contribution in [-0.4, -0.2) is 78.5 Å². The Labute approximate surface area is 281 Å². The lowest BCUT2D eigenvalue weighted by Gasteiger charge is -2.31. The first kappa shape index (κ1) is 41.5. The summed E-state index contributed by atoms with van der Waals surface area (Å²) in [6, 6.07) is 6.33. The van der Waals surface area contributed by atoms with Crippen LogP contribution in [0.5, 0.6) is 5.75 Å². The number of nitrogens with one attached hydrogen (secondary N) is 2. The predicted molar refractivity (Wildman–Crippen MR) is 187 cm³/mol. The molecule has 0 saturated carbocycles. The summed E-state index contributed by atoms with van der Waals surface area (Å²) in [4.78, 5) is 38.7. The summed E-state index contributed by atoms with van der Waals surface area (Å²) in [6.07, 6.45) is 16.5. The highest BCUT2D eigenvalue weighted by Crippen LogP contribution is 2.26. The topological polar surface area (TPSA) is 134 Å². The van der Waals surface area contributed by atoms with Crippen molar-refractivity contribution in [2.45, 2.75) is 115 Å². The molecule has 0 radical (unpaired) electrons. The van der Waals surface area contributed by atoms with Gasteiger partial charge in [0.2, 0.25) is 11.8 Å². The van der Waals surface area contributed by atoms with Crippen LogP contribution < -0.4 is 15.4 Å². The number of carboxylic acids is 1. The van der Waals surface area contributed by atoms with Crippen LogP contribution in [0.1, 0.15) is 103 Å². The number of ether oxygens (including phenoxy) is 2. The number of hydrogen-bond acceptors (Lipinski definition) is 7. The van der Waals surface area contributed by atoms with E-state index >= 15 is 0 Å². The number of amides is 2. The Balaban J connectivity index is 2.82. The molecule has 0 spiro atoms. The molecule has 46 heavy (non-hydrogen) atoms. The maximum atomic E-state index is 13.6. The maximum absolute atomic E-state index is 13.6. The summed E-state index contributed by atoms with van der Waals surface area (Å²) in [6.45, 7) is 4.89. The summed E-state index contributed by atoms with van der Waals surface area (Å²) in [5, 5.41) is 26.6. The smallest absolute Gasteiger partial charge is 0.336 e. The van der Waals surface area contributed by atoms with Gasteiger partial charge >= 0.3 is 5.97 Å². The molecule has 0 bridgehead atoms. The largest absolute Gasteiger partial charge is 0.494 e. The van der Waals surface area contributed by atoms with Gasteiger partial charge in [-0.1, -0.05) is 83.1 Å². The summed E-state index contributed by atoms with van der Waals surface area (Å²) in [5.74, 6) is -0.989. The Morgan fingerprint density at radius 2 is 1.52 bits per heavy atom. The molecule has 0 fully saturated rings. The first-order valence-corrected chi connectivity index (χ1v) is 18.3. The van der Waals surface area contributed by atoms with E-state index in [4.69, 9.17) is 9.47 Å². The Morgan fingerprint density at radius 3 is 2.11 bits per heavy atom. The zero-order chi connectivity index (χ0) is 34.0. The molecule has 10 heteroatoms. The quantitative estimate of drug-likeness (QED) is 0.0605. The van der Waals surface area contributed by atoms with Crippen molar-refractivity contribution in [3.8, 4) is 5.75 Å². The Bertz CT molecular complexity index is 1000. The number of aliphatic hydroxyl groups is 1. The van der Waals surface area contributed by atoms with Crippen LogP contribution in [-0.2, 0) is 25.5 Å². The first-order valence-electron chi connectivity index (χ1n) is 17.2. The number of aliphatic carboxylic acids is 1. The second kappa shape index (κ2) is 25.5. The number of unbranched alkanes of at least 4 members (excludes halogenated alkanes) is 9. The Hall–Kier alpha value is -2.56. The van der Waals surface area contributed by atoms with E-state index < -0.39 is 35.3 Å². The van der Waals surface area contributed by atoms with Crippen molar-refractivity contribution >= 4 is 29.5 Å². The fourth-order valence-corrected chi connectivity index (χ4v) is 6.04. The average Bonchev–Trinajstić information content (AvgIpc) is 3.05. The van der Waals surface area contributed by atoms with Gasteiger partial charge in [0.15, 0.2) is 5.60 Å². The van der Waals surface area contributed by atoms with Crippen LogP contribution in [0.2, 0.25) is 0 Å². The molecule has 0 aliphatic heterocycles. The maximum Gasteiger partial charge on any atom is 0.336 e. The summed E-state index contributed by atoms with van der Waals surface area (Å²) in [5.41, 5.74) is -1.61. The minimum Gasteiger partial charge on any atom is -0.494 e. The van der Waals surface area contributed by atoms with Crippen molar-refractivity contribution in [3.05, 3.63) is 42.0 Å². The van der Waals surface area contributed by atoms with Crippen molar-refractivity contribution in [3.63, 3.8) is 0 Å². The number of methoxy groups -OCH3 is 1. The van der Waals surface area contributed by atoms with Crippen LogP contribution in [0.3, 0.4) is 0 Å². The molecule has 1 aromatic rings. The molecule has 1 aromatic carbocycles. The fraction of sp³-hybridized carbons (Fsp3) is 0.694. The molecule has 0 heterocycles. The molecular weight excluding hydrogens is 604 g/mol. The number of likely N-dealkylation sites (N-methyl/N-ethyl adjacent to an activating group) is 1. The zero-order valence-corrected chi connectivity index (χ0v) is 29.5. The number of rotatable bonds is 28. The lowest BCUT2D eigenvalue weighted by atomic mass is 9.83. The Kier molecular flexibility index (Phi) is 23.0. The molecular formula is C36H60N2O7S. The van der Waals surface area contributed by atoms with Gasteiger partial charge in [-0.3, -0.25) is 9.59 Å². The molecule has 3 atom stereocenters. The highest BCUT2D eigenvalue weighted by atomic mass is 32.2. The van der Waals surface area contributed by atoms with Crippen molar-refractivity contribution in [1.29, 1.82) is 0 Å². The van der Waals surface area contributed by atoms with Gasteiger partial charge in [0, 0.05) is 33.6 Å². The van der Waals surface area contributed by atoms with Crippen LogP contribution in [0.25, 0.3) is 0 Å². The highest BCUT2D eigenvalue weighted by Gasteiger charge is 2.47. The van der Waals surface area contributed by atoms with Gasteiger partial charge in [-0.05, 0) is 61.3 Å². The van der Waals surface area contributed by atoms with E-state index in [1.54, 1.807) is 6.08 Å². The summed E-state index contributed by atoms with van der Waals surface area (Å²) in [7, 11) is 2.88. The molecule has 2 amide bonds. The molecule has 0 aromatic heterocycles. The monoisotopic (exact) mass is 664 g/mol. The lowest BCUT2D eigenvalue weighted by molar-refractivity contribution is -0.168. The summed E-state index contributed by atoms with van der Waals surface area (Å²) >= 11 is 2.03. The van der Waals surface area contributed by atoms with E-state index in [0.29, 0.717) is 13.0 Å². The summed E-state index contributed by atoms with van der Waals surface area (Å²) < 4.78 is 10.8. The normalized spacial score (nSPS) is 14.0. The molecule has 0 unspecified atom stereocenters. The third kappa shape index (κ3) is 16.8. The minimum atomic E-state index is -2.41. The van der Waals surface area contributed by atoms with Gasteiger partial charge in [0.25, 0.3) is 0 Å². The van der Waals surface area contributed by atoms with E-state index in [1.807, 2.05) is 36.0 Å². The number of carboxylic acid groups (broad SMARTS) is 1. The number of allylic oxidation sites excluding steroid dienone is 1. The van der Waals surface area contributed by atoms with Gasteiger partial charge in [0.1, 0.15) is 11.8 Å². The van der Waals surface area contributed by atoms with Gasteiger partial charge in [-0.2, -0.15) is 11.8 Å². The minimum absolute atomic E-state index is 0.0529. The molecule has 9 nitrogen and oxygen atoms in total. The van der Waals surface area contributed by atoms with Crippen molar-refractivity contribution in [2.75, 3.05) is 38.9 Å². The number of benzene rings is 1. The van der Waals surface area contributed by atoms with E-state index in [-0.39, 0.29) is 19.4 Å². The molecule has 0 aliphatic rings. The highest BCUT2D eigenvalue weighted by molar-refractivity contribution is 7.99. The first-order chi connectivity index (χ1) is 22.2. The zero-order valence-electron chi connectivity index (χ0n) is 28.7. The van der Waals surface area contributed by atoms with Crippen molar-refractivity contribution in [2.24, 2.45) is 5.92 Å². The third-order valence-corrected chi connectivity index (χ3v) is 9.15. The second-order valence-electron chi connectivity index (χ2n) is 11.8. The van der Waals surface area contributed by atoms with Crippen molar-refractivity contribution in [1.82, 2.24) is 10.6 Å². The van der Waals surface area contributed by atoms with Gasteiger partial charge in [0.05, 0.1) is 12.5 Å². The molecule has 0 aliphatic carbocycles. The van der Waals surface area contributed by atoms with E-state index in [0.717, 1.165) is 43.4 Å². The molecule has 1 rings (SSSR count). The molecule has 0 saturated heterocycles. The lowest BCUT2D eigenvalue weighted by Crippen LogP contribution is -2.56. The van der Waals surface area contributed by atoms with Gasteiger partial charge in [-0.15, -0.1) is 0 Å². The number of carbonyl (C=O) groups is 3. The predicted octanol–water partition coefficient (Wildman–Crippen LogP) is 6.32. The van der Waals surface area contributed by atoms with E-state index in [1.165, 1.54) is 70.3 Å². The van der Waals surface area contributed by atoms with Crippen molar-refractivity contribution < 1.29 is 34.1 Å². The molecule has 4 N–H and O–H groups in total.